The van der Waals surface area contributed by atoms with E-state index in [2.05, 4.69) is 27.9 Å². The number of carboxylic acids is 1. The summed E-state index contributed by atoms with van der Waals surface area (Å²) in [6, 6.07) is 7.76. The van der Waals surface area contributed by atoms with Crippen LogP contribution < -0.4 is 5.32 Å². The molecule has 1 amide bonds. The van der Waals surface area contributed by atoms with Gasteiger partial charge in [-0.1, -0.05) is 12.1 Å². The van der Waals surface area contributed by atoms with Crippen molar-refractivity contribution in [2.24, 2.45) is 0 Å². The van der Waals surface area contributed by atoms with Gasteiger partial charge in [0.2, 0.25) is 5.91 Å². The standard InChI is InChI=1S/C14H16INO3/c15-11-4-1-3-10(7-11)8-12(17)16-14(5-2-6-14)9-13(18)19/h1,3-4,7H,2,5-6,8-9H2,(H,16,17)(H,18,19). The summed E-state index contributed by atoms with van der Waals surface area (Å²) in [5.74, 6) is -0.947. The van der Waals surface area contributed by atoms with Crippen LogP contribution in [0.2, 0.25) is 0 Å². The highest BCUT2D eigenvalue weighted by atomic mass is 127. The zero-order chi connectivity index (χ0) is 13.9. The van der Waals surface area contributed by atoms with Gasteiger partial charge in [-0.3, -0.25) is 9.59 Å². The predicted octanol–water partition coefficient (Wildman–Crippen LogP) is 2.35. The maximum absolute atomic E-state index is 12.0. The number of halogens is 1. The first kappa shape index (κ1) is 14.3. The number of hydrogen-bond acceptors (Lipinski definition) is 2. The Labute approximate surface area is 125 Å². The summed E-state index contributed by atoms with van der Waals surface area (Å²) in [7, 11) is 0. The third kappa shape index (κ3) is 3.92. The largest absolute Gasteiger partial charge is 0.481 e. The number of carbonyl (C=O) groups excluding carboxylic acids is 1. The molecular weight excluding hydrogens is 357 g/mol. The molecule has 0 heterocycles. The lowest BCUT2D eigenvalue weighted by molar-refractivity contribution is -0.140. The molecule has 2 rings (SSSR count). The van der Waals surface area contributed by atoms with E-state index in [0.717, 1.165) is 28.4 Å². The molecule has 1 aliphatic rings. The van der Waals surface area contributed by atoms with E-state index in [-0.39, 0.29) is 12.3 Å². The van der Waals surface area contributed by atoms with Crippen molar-refractivity contribution in [1.82, 2.24) is 5.32 Å². The first-order valence-corrected chi connectivity index (χ1v) is 7.34. The number of aliphatic carboxylic acids is 1. The second-order valence-corrected chi connectivity index (χ2v) is 6.30. The minimum absolute atomic E-state index is 0.0189. The van der Waals surface area contributed by atoms with Crippen LogP contribution in [0, 0.1) is 3.57 Å². The van der Waals surface area contributed by atoms with Gasteiger partial charge in [0.05, 0.1) is 18.4 Å². The maximum Gasteiger partial charge on any atom is 0.305 e. The smallest absolute Gasteiger partial charge is 0.305 e. The van der Waals surface area contributed by atoms with Crippen molar-refractivity contribution >= 4 is 34.5 Å². The molecule has 4 nitrogen and oxygen atoms in total. The molecule has 0 aromatic heterocycles. The summed E-state index contributed by atoms with van der Waals surface area (Å²) >= 11 is 2.21. The average molecular weight is 373 g/mol. The van der Waals surface area contributed by atoms with Gasteiger partial charge in [0, 0.05) is 3.57 Å². The van der Waals surface area contributed by atoms with Crippen LogP contribution in [-0.2, 0) is 16.0 Å². The summed E-state index contributed by atoms with van der Waals surface area (Å²) in [5, 5.41) is 11.8. The van der Waals surface area contributed by atoms with Gasteiger partial charge in [-0.05, 0) is 59.5 Å². The number of amides is 1. The predicted molar refractivity (Wildman–Crippen MR) is 79.8 cm³/mol. The molecule has 0 radical (unpaired) electrons. The molecule has 0 unspecified atom stereocenters. The summed E-state index contributed by atoms with van der Waals surface area (Å²) in [4.78, 5) is 22.8. The van der Waals surface area contributed by atoms with Crippen molar-refractivity contribution in [3.63, 3.8) is 0 Å². The molecule has 5 heteroatoms. The molecule has 0 atom stereocenters. The van der Waals surface area contributed by atoms with Gasteiger partial charge in [-0.15, -0.1) is 0 Å². The molecule has 1 aromatic rings. The second-order valence-electron chi connectivity index (χ2n) is 5.06. The number of nitrogens with one attached hydrogen (secondary N) is 1. The fourth-order valence-electron chi connectivity index (χ4n) is 2.41. The van der Waals surface area contributed by atoms with Gasteiger partial charge in [0.15, 0.2) is 0 Å². The highest BCUT2D eigenvalue weighted by Crippen LogP contribution is 2.34. The molecular formula is C14H16INO3. The van der Waals surface area contributed by atoms with Crippen LogP contribution in [0.1, 0.15) is 31.2 Å². The van der Waals surface area contributed by atoms with Crippen LogP contribution in [0.5, 0.6) is 0 Å². The zero-order valence-corrected chi connectivity index (χ0v) is 12.6. The Morgan fingerprint density at radius 2 is 2.11 bits per heavy atom. The summed E-state index contributed by atoms with van der Waals surface area (Å²) in [6.45, 7) is 0. The Kier molecular flexibility index (Phi) is 4.44. The van der Waals surface area contributed by atoms with Crippen molar-refractivity contribution in [2.75, 3.05) is 0 Å². The fourth-order valence-corrected chi connectivity index (χ4v) is 3.02. The number of hydrogen-bond donors (Lipinski definition) is 2. The van der Waals surface area contributed by atoms with Crippen LogP contribution in [0.25, 0.3) is 0 Å². The van der Waals surface area contributed by atoms with Crippen molar-refractivity contribution < 1.29 is 14.7 Å². The second kappa shape index (κ2) is 5.90. The molecule has 0 spiro atoms. The van der Waals surface area contributed by atoms with Crippen molar-refractivity contribution in [1.29, 1.82) is 0 Å². The highest BCUT2D eigenvalue weighted by molar-refractivity contribution is 14.1. The van der Waals surface area contributed by atoms with E-state index in [9.17, 15) is 9.59 Å². The van der Waals surface area contributed by atoms with E-state index in [1.807, 2.05) is 24.3 Å². The van der Waals surface area contributed by atoms with E-state index in [0.29, 0.717) is 6.42 Å². The Balaban J connectivity index is 1.95. The third-order valence-electron chi connectivity index (χ3n) is 3.46. The van der Waals surface area contributed by atoms with E-state index >= 15 is 0 Å². The normalized spacial score (nSPS) is 16.5. The van der Waals surface area contributed by atoms with Crippen LogP contribution >= 0.6 is 22.6 Å². The number of benzene rings is 1. The van der Waals surface area contributed by atoms with Crippen molar-refractivity contribution in [3.05, 3.63) is 33.4 Å². The lowest BCUT2D eigenvalue weighted by Gasteiger charge is -2.41. The molecule has 0 aliphatic heterocycles. The van der Waals surface area contributed by atoms with Crippen LogP contribution in [0.15, 0.2) is 24.3 Å². The minimum atomic E-state index is -0.853. The van der Waals surface area contributed by atoms with Gasteiger partial charge in [-0.25, -0.2) is 0 Å². The lowest BCUT2D eigenvalue weighted by atomic mass is 9.74. The highest BCUT2D eigenvalue weighted by Gasteiger charge is 2.40. The summed E-state index contributed by atoms with van der Waals surface area (Å²) in [6.07, 6.45) is 2.83. The number of carbonyl (C=O) groups is 2. The SMILES string of the molecule is O=C(O)CC1(NC(=O)Cc2cccc(I)c2)CCC1. The maximum atomic E-state index is 12.0. The van der Waals surface area contributed by atoms with E-state index in [4.69, 9.17) is 5.11 Å². The van der Waals surface area contributed by atoms with Crippen LogP contribution in [-0.4, -0.2) is 22.5 Å². The van der Waals surface area contributed by atoms with E-state index < -0.39 is 11.5 Å². The van der Waals surface area contributed by atoms with Crippen LogP contribution in [0.3, 0.4) is 0 Å². The van der Waals surface area contributed by atoms with Crippen molar-refractivity contribution in [3.8, 4) is 0 Å². The number of carboxylic acid groups (broad SMARTS) is 1. The van der Waals surface area contributed by atoms with E-state index in [1.54, 1.807) is 0 Å². The molecule has 2 N–H and O–H groups in total. The molecule has 0 saturated heterocycles. The first-order chi connectivity index (χ1) is 8.99. The Morgan fingerprint density at radius 1 is 1.37 bits per heavy atom. The van der Waals surface area contributed by atoms with Gasteiger partial charge in [0.25, 0.3) is 0 Å². The van der Waals surface area contributed by atoms with Crippen molar-refractivity contribution in [2.45, 2.75) is 37.6 Å². The minimum Gasteiger partial charge on any atom is -0.481 e. The van der Waals surface area contributed by atoms with Gasteiger partial charge in [0.1, 0.15) is 0 Å². The topological polar surface area (TPSA) is 66.4 Å². The van der Waals surface area contributed by atoms with Gasteiger partial charge >= 0.3 is 5.97 Å². The number of rotatable bonds is 5. The monoisotopic (exact) mass is 373 g/mol. The molecule has 102 valence electrons. The quantitative estimate of drug-likeness (QED) is 0.779. The van der Waals surface area contributed by atoms with Crippen LogP contribution in [0.4, 0.5) is 0 Å². The molecule has 19 heavy (non-hydrogen) atoms. The van der Waals surface area contributed by atoms with Gasteiger partial charge < -0.3 is 10.4 Å². The fraction of sp³-hybridized carbons (Fsp3) is 0.429. The zero-order valence-electron chi connectivity index (χ0n) is 10.5. The lowest BCUT2D eigenvalue weighted by Crippen LogP contribution is -2.55. The Bertz CT molecular complexity index is 497. The Morgan fingerprint density at radius 3 is 2.63 bits per heavy atom. The van der Waals surface area contributed by atoms with Gasteiger partial charge in [-0.2, -0.15) is 0 Å². The molecule has 1 aliphatic carbocycles. The van der Waals surface area contributed by atoms with E-state index in [1.165, 1.54) is 0 Å². The Hall–Kier alpha value is -1.11. The molecule has 0 bridgehead atoms. The summed E-state index contributed by atoms with van der Waals surface area (Å²) in [5.41, 5.74) is 0.444. The molecule has 1 saturated carbocycles. The first-order valence-electron chi connectivity index (χ1n) is 6.26. The third-order valence-corrected chi connectivity index (χ3v) is 4.13. The average Bonchev–Trinajstić information content (AvgIpc) is 2.25. The summed E-state index contributed by atoms with van der Waals surface area (Å²) < 4.78 is 1.09. The molecule has 1 fully saturated rings. The molecule has 1 aromatic carbocycles.